The molecular formula is C23H21I2N3O4S. The van der Waals surface area contributed by atoms with E-state index in [2.05, 4.69) is 50.5 Å². The molecule has 0 bridgehead atoms. The number of hydrogen-bond donors (Lipinski definition) is 1. The number of nitro benzene ring substituents is 1. The van der Waals surface area contributed by atoms with E-state index in [1.807, 2.05) is 18.2 Å². The first-order valence-electron chi connectivity index (χ1n) is 10.5. The number of halogens is 2. The van der Waals surface area contributed by atoms with Crippen molar-refractivity contribution in [3.8, 4) is 5.75 Å². The van der Waals surface area contributed by atoms with Gasteiger partial charge in [-0.3, -0.25) is 19.8 Å². The van der Waals surface area contributed by atoms with Gasteiger partial charge in [-0.2, -0.15) is 0 Å². The number of rotatable bonds is 6. The van der Waals surface area contributed by atoms with E-state index in [1.54, 1.807) is 17.0 Å². The van der Waals surface area contributed by atoms with Gasteiger partial charge in [-0.15, -0.1) is 0 Å². The van der Waals surface area contributed by atoms with Crippen LogP contribution in [0.15, 0.2) is 42.1 Å². The fourth-order valence-corrected chi connectivity index (χ4v) is 6.53. The highest BCUT2D eigenvalue weighted by Crippen LogP contribution is 2.32. The predicted octanol–water partition coefficient (Wildman–Crippen LogP) is 5.77. The van der Waals surface area contributed by atoms with Crippen molar-refractivity contribution < 1.29 is 14.5 Å². The van der Waals surface area contributed by atoms with Crippen molar-refractivity contribution in [1.29, 1.82) is 0 Å². The first-order chi connectivity index (χ1) is 15.8. The zero-order chi connectivity index (χ0) is 23.5. The van der Waals surface area contributed by atoms with Gasteiger partial charge in [0.05, 0.1) is 12.1 Å². The lowest BCUT2D eigenvalue weighted by Crippen LogP contribution is -2.41. The highest BCUT2D eigenvalue weighted by molar-refractivity contribution is 14.1. The van der Waals surface area contributed by atoms with Crippen LogP contribution in [-0.4, -0.2) is 26.9 Å². The van der Waals surface area contributed by atoms with E-state index < -0.39 is 4.92 Å². The summed E-state index contributed by atoms with van der Waals surface area (Å²) in [5.74, 6) is 0.678. The summed E-state index contributed by atoms with van der Waals surface area (Å²) in [5, 5.41) is 14.4. The Morgan fingerprint density at radius 1 is 1.15 bits per heavy atom. The van der Waals surface area contributed by atoms with Crippen molar-refractivity contribution in [2.24, 2.45) is 0 Å². The van der Waals surface area contributed by atoms with Gasteiger partial charge in [0.15, 0.2) is 5.11 Å². The van der Waals surface area contributed by atoms with Gasteiger partial charge in [0.1, 0.15) is 18.1 Å². The average molecular weight is 689 g/mol. The van der Waals surface area contributed by atoms with Crippen LogP contribution in [0.2, 0.25) is 0 Å². The molecule has 0 radical (unpaired) electrons. The van der Waals surface area contributed by atoms with E-state index in [-0.39, 0.29) is 17.6 Å². The van der Waals surface area contributed by atoms with E-state index >= 15 is 0 Å². The van der Waals surface area contributed by atoms with Gasteiger partial charge in [-0.05, 0) is 112 Å². The van der Waals surface area contributed by atoms with Crippen molar-refractivity contribution in [2.45, 2.75) is 44.8 Å². The summed E-state index contributed by atoms with van der Waals surface area (Å²) in [6.45, 7) is 0.301. The summed E-state index contributed by atoms with van der Waals surface area (Å²) in [6, 6.07) is 10.4. The molecule has 1 saturated heterocycles. The topological polar surface area (TPSA) is 84.7 Å². The first-order valence-corrected chi connectivity index (χ1v) is 13.1. The minimum Gasteiger partial charge on any atom is -0.487 e. The van der Waals surface area contributed by atoms with E-state index in [4.69, 9.17) is 17.0 Å². The molecule has 33 heavy (non-hydrogen) atoms. The van der Waals surface area contributed by atoms with E-state index in [9.17, 15) is 14.9 Å². The standard InChI is InChI=1S/C23H21I2N3O4S/c24-18-10-15(12-20-22(29)27(23(33)26-20)16-4-2-1-3-5-16)11-19(25)21(18)32-13-14-6-8-17(9-7-14)28(30)31/h6-12,16H,1-5,13H2,(H,26,33)/b20-12-. The molecule has 1 amide bonds. The SMILES string of the molecule is O=C1/C(=C/c2cc(I)c(OCc3ccc([N+](=O)[O-])cc3)c(I)c2)NC(=S)N1C1CCCCC1. The molecule has 2 fully saturated rings. The van der Waals surface area contributed by atoms with Crippen LogP contribution in [0.25, 0.3) is 6.08 Å². The summed E-state index contributed by atoms with van der Waals surface area (Å²) >= 11 is 9.89. The molecule has 10 heteroatoms. The van der Waals surface area contributed by atoms with E-state index in [1.165, 1.54) is 18.6 Å². The number of ether oxygens (including phenoxy) is 1. The van der Waals surface area contributed by atoms with Crippen molar-refractivity contribution >= 4 is 80.2 Å². The number of thiocarbonyl (C=S) groups is 1. The van der Waals surface area contributed by atoms with Gasteiger partial charge in [-0.1, -0.05) is 19.3 Å². The van der Waals surface area contributed by atoms with E-state index in [0.29, 0.717) is 17.4 Å². The van der Waals surface area contributed by atoms with Crippen LogP contribution in [0.1, 0.15) is 43.2 Å². The Labute approximate surface area is 224 Å². The molecule has 1 aliphatic carbocycles. The third kappa shape index (κ3) is 5.65. The number of non-ortho nitro benzene ring substituents is 1. The normalized spacial score (nSPS) is 18.0. The third-order valence-electron chi connectivity index (χ3n) is 5.71. The summed E-state index contributed by atoms with van der Waals surface area (Å²) < 4.78 is 7.81. The Balaban J connectivity index is 1.47. The van der Waals surface area contributed by atoms with Crippen LogP contribution in [0.4, 0.5) is 5.69 Å². The Kier molecular flexibility index (Phi) is 7.84. The number of carbonyl (C=O) groups is 1. The number of nitro groups is 1. The lowest BCUT2D eigenvalue weighted by molar-refractivity contribution is -0.384. The molecule has 2 aromatic carbocycles. The monoisotopic (exact) mass is 689 g/mol. The fraction of sp³-hybridized carbons (Fsp3) is 0.304. The van der Waals surface area contributed by atoms with Gasteiger partial charge in [-0.25, -0.2) is 0 Å². The summed E-state index contributed by atoms with van der Waals surface area (Å²) in [5.41, 5.74) is 2.28. The molecule has 1 N–H and O–H groups in total. The zero-order valence-electron chi connectivity index (χ0n) is 17.6. The molecule has 1 aliphatic heterocycles. The van der Waals surface area contributed by atoms with Gasteiger partial charge in [0, 0.05) is 18.2 Å². The average Bonchev–Trinajstić information content (AvgIpc) is 3.06. The summed E-state index contributed by atoms with van der Waals surface area (Å²) in [4.78, 5) is 25.2. The van der Waals surface area contributed by atoms with Crippen LogP contribution in [-0.2, 0) is 11.4 Å². The van der Waals surface area contributed by atoms with Crippen molar-refractivity contribution in [3.63, 3.8) is 0 Å². The molecule has 0 atom stereocenters. The quantitative estimate of drug-likeness (QED) is 0.136. The van der Waals surface area contributed by atoms with Gasteiger partial charge < -0.3 is 10.1 Å². The van der Waals surface area contributed by atoms with Crippen LogP contribution in [0.3, 0.4) is 0 Å². The number of benzene rings is 2. The molecule has 0 aromatic heterocycles. The third-order valence-corrected chi connectivity index (χ3v) is 7.61. The maximum absolute atomic E-state index is 13.0. The fourth-order valence-electron chi connectivity index (χ4n) is 4.06. The zero-order valence-corrected chi connectivity index (χ0v) is 22.7. The molecule has 1 saturated carbocycles. The van der Waals surface area contributed by atoms with Crippen LogP contribution in [0, 0.1) is 17.3 Å². The number of carbonyl (C=O) groups excluding carboxylic acids is 1. The Morgan fingerprint density at radius 2 is 1.79 bits per heavy atom. The molecule has 7 nitrogen and oxygen atoms in total. The smallest absolute Gasteiger partial charge is 0.276 e. The highest BCUT2D eigenvalue weighted by Gasteiger charge is 2.36. The highest BCUT2D eigenvalue weighted by atomic mass is 127. The van der Waals surface area contributed by atoms with Crippen LogP contribution < -0.4 is 10.1 Å². The maximum atomic E-state index is 13.0. The minimum atomic E-state index is -0.422. The molecule has 1 heterocycles. The largest absolute Gasteiger partial charge is 0.487 e. The minimum absolute atomic E-state index is 0.0527. The molecule has 2 aliphatic rings. The van der Waals surface area contributed by atoms with Gasteiger partial charge in [0.25, 0.3) is 11.6 Å². The first kappa shape index (κ1) is 24.3. The second-order valence-corrected chi connectivity index (χ2v) is 10.7. The van der Waals surface area contributed by atoms with Crippen LogP contribution >= 0.6 is 57.4 Å². The molecule has 4 rings (SSSR count). The Hall–Kier alpha value is -1.80. The summed E-state index contributed by atoms with van der Waals surface area (Å²) in [6.07, 6.45) is 7.31. The number of amides is 1. The lowest BCUT2D eigenvalue weighted by Gasteiger charge is -2.29. The second-order valence-electron chi connectivity index (χ2n) is 7.98. The van der Waals surface area contributed by atoms with Gasteiger partial charge >= 0.3 is 0 Å². The van der Waals surface area contributed by atoms with Crippen LogP contribution in [0.5, 0.6) is 5.75 Å². The predicted molar refractivity (Wildman–Crippen MR) is 147 cm³/mol. The molecule has 0 spiro atoms. The Bertz CT molecular complexity index is 1110. The lowest BCUT2D eigenvalue weighted by atomic mass is 9.94. The molecule has 2 aromatic rings. The number of nitrogens with zero attached hydrogens (tertiary/aromatic N) is 2. The van der Waals surface area contributed by atoms with Crippen molar-refractivity contribution in [3.05, 3.63) is 70.5 Å². The molecule has 172 valence electrons. The Morgan fingerprint density at radius 3 is 2.39 bits per heavy atom. The van der Waals surface area contributed by atoms with Gasteiger partial charge in [0.2, 0.25) is 0 Å². The molecular weight excluding hydrogens is 668 g/mol. The number of nitrogens with one attached hydrogen (secondary N) is 1. The molecule has 0 unspecified atom stereocenters. The second kappa shape index (κ2) is 10.6. The number of hydrogen-bond acceptors (Lipinski definition) is 5. The summed E-state index contributed by atoms with van der Waals surface area (Å²) in [7, 11) is 0. The van der Waals surface area contributed by atoms with Crippen molar-refractivity contribution in [2.75, 3.05) is 0 Å². The maximum Gasteiger partial charge on any atom is 0.276 e. The van der Waals surface area contributed by atoms with Crippen molar-refractivity contribution in [1.82, 2.24) is 10.2 Å². The van der Waals surface area contributed by atoms with E-state index in [0.717, 1.165) is 49.7 Å².